The first-order chi connectivity index (χ1) is 9.88. The second-order valence-corrected chi connectivity index (χ2v) is 11.9. The molecule has 0 radical (unpaired) electrons. The highest BCUT2D eigenvalue weighted by atomic mass is 80.0. The zero-order valence-electron chi connectivity index (χ0n) is 12.0. The molecule has 1 aromatic carbocycles. The summed E-state index contributed by atoms with van der Waals surface area (Å²) < 4.78 is -0.503. The largest absolute Gasteiger partial charge is 0.384 e. The Morgan fingerprint density at radius 1 is 1.19 bits per heavy atom. The fraction of sp³-hybridized carbons (Fsp3) is 0.400. The predicted octanol–water partition coefficient (Wildman–Crippen LogP) is 4.89. The van der Waals surface area contributed by atoms with E-state index in [1.165, 1.54) is 0 Å². The van der Waals surface area contributed by atoms with E-state index in [-0.39, 0.29) is 0 Å². The molecule has 0 aliphatic rings. The van der Waals surface area contributed by atoms with E-state index in [1.54, 1.807) is 0 Å². The number of anilines is 1. The highest BCUT2D eigenvalue weighted by Gasteiger charge is 2.24. The molecule has 3 nitrogen and oxygen atoms in total. The van der Waals surface area contributed by atoms with Gasteiger partial charge in [0.1, 0.15) is 0 Å². The van der Waals surface area contributed by atoms with Crippen LogP contribution in [0.1, 0.15) is 12.1 Å². The van der Waals surface area contributed by atoms with E-state index >= 15 is 0 Å². The average Bonchev–Trinajstić information content (AvgIpc) is 2.42. The third kappa shape index (κ3) is 4.91. The SMILES string of the molecule is CN(C)CCCNc1cc(C(Br)(Br)Br)nc2ccccc12. The molecule has 0 saturated heterocycles. The van der Waals surface area contributed by atoms with Gasteiger partial charge in [0.25, 0.3) is 0 Å². The van der Waals surface area contributed by atoms with Gasteiger partial charge >= 0.3 is 0 Å². The summed E-state index contributed by atoms with van der Waals surface area (Å²) in [6.07, 6.45) is 1.10. The molecule has 1 heterocycles. The van der Waals surface area contributed by atoms with Gasteiger partial charge in [0.2, 0.25) is 0 Å². The van der Waals surface area contributed by atoms with Crippen molar-refractivity contribution in [2.45, 2.75) is 8.56 Å². The number of nitrogens with one attached hydrogen (secondary N) is 1. The molecule has 114 valence electrons. The number of alkyl halides is 3. The minimum absolute atomic E-state index is 0.503. The van der Waals surface area contributed by atoms with Crippen LogP contribution < -0.4 is 5.32 Å². The van der Waals surface area contributed by atoms with E-state index in [0.717, 1.165) is 41.8 Å². The van der Waals surface area contributed by atoms with E-state index < -0.39 is 2.14 Å². The summed E-state index contributed by atoms with van der Waals surface area (Å²) in [7, 11) is 4.18. The van der Waals surface area contributed by atoms with Crippen molar-refractivity contribution in [1.29, 1.82) is 0 Å². The molecule has 1 aromatic heterocycles. The molecule has 6 heteroatoms. The number of hydrogen-bond donors (Lipinski definition) is 1. The molecule has 0 amide bonds. The Balaban J connectivity index is 2.27. The molecule has 0 unspecified atom stereocenters. The van der Waals surface area contributed by atoms with Gasteiger partial charge in [0.15, 0.2) is 2.14 Å². The van der Waals surface area contributed by atoms with Gasteiger partial charge < -0.3 is 10.2 Å². The Hall–Kier alpha value is -0.170. The van der Waals surface area contributed by atoms with Crippen LogP contribution >= 0.6 is 47.8 Å². The van der Waals surface area contributed by atoms with Crippen LogP contribution in [-0.2, 0) is 2.14 Å². The van der Waals surface area contributed by atoms with Crippen molar-refractivity contribution in [1.82, 2.24) is 9.88 Å². The molecule has 1 N–H and O–H groups in total. The topological polar surface area (TPSA) is 28.2 Å². The highest BCUT2D eigenvalue weighted by molar-refractivity contribution is 9.38. The first kappa shape index (κ1) is 17.2. The van der Waals surface area contributed by atoms with Crippen LogP contribution in [0, 0.1) is 0 Å². The standard InChI is InChI=1S/C15H18Br3N3/c1-21(2)9-5-8-19-13-10-14(15(16,17)18)20-12-7-4-3-6-11(12)13/h3-4,6-7,10H,5,8-9H2,1-2H3,(H,19,20). The molecule has 2 aromatic rings. The number of halogens is 3. The van der Waals surface area contributed by atoms with Crippen molar-refractivity contribution in [3.8, 4) is 0 Å². The quantitative estimate of drug-likeness (QED) is 0.488. The summed E-state index contributed by atoms with van der Waals surface area (Å²) in [5, 5.41) is 4.67. The van der Waals surface area contributed by atoms with E-state index in [2.05, 4.69) is 89.2 Å². The lowest BCUT2D eigenvalue weighted by atomic mass is 10.1. The van der Waals surface area contributed by atoms with E-state index in [0.29, 0.717) is 0 Å². The lowest BCUT2D eigenvalue weighted by Gasteiger charge is -2.17. The molecule has 0 atom stereocenters. The summed E-state index contributed by atoms with van der Waals surface area (Å²) >= 11 is 10.6. The zero-order chi connectivity index (χ0) is 15.5. The van der Waals surface area contributed by atoms with Crippen molar-refractivity contribution in [2.75, 3.05) is 32.5 Å². The Kier molecular flexibility index (Phi) is 6.05. The lowest BCUT2D eigenvalue weighted by Crippen LogP contribution is -2.16. The molecule has 21 heavy (non-hydrogen) atoms. The Bertz CT molecular complexity index is 609. The van der Waals surface area contributed by atoms with Gasteiger partial charge in [0.05, 0.1) is 11.2 Å². The Morgan fingerprint density at radius 3 is 2.57 bits per heavy atom. The van der Waals surface area contributed by atoms with Crippen LogP contribution in [0.15, 0.2) is 30.3 Å². The number of para-hydroxylation sites is 1. The summed E-state index contributed by atoms with van der Waals surface area (Å²) in [4.78, 5) is 6.87. The van der Waals surface area contributed by atoms with Crippen molar-refractivity contribution in [3.05, 3.63) is 36.0 Å². The van der Waals surface area contributed by atoms with Gasteiger partial charge in [-0.05, 0) is 39.2 Å². The maximum absolute atomic E-state index is 4.67. The third-order valence-corrected chi connectivity index (χ3v) is 4.32. The number of aromatic nitrogens is 1. The van der Waals surface area contributed by atoms with Gasteiger partial charge in [-0.3, -0.25) is 0 Å². The molecule has 0 fully saturated rings. The summed E-state index contributed by atoms with van der Waals surface area (Å²) in [6.45, 7) is 2.01. The van der Waals surface area contributed by atoms with Crippen molar-refractivity contribution < 1.29 is 0 Å². The first-order valence-corrected chi connectivity index (χ1v) is 9.11. The fourth-order valence-electron chi connectivity index (χ4n) is 2.09. The summed E-state index contributed by atoms with van der Waals surface area (Å²) in [5.74, 6) is 0. The average molecular weight is 480 g/mol. The van der Waals surface area contributed by atoms with Gasteiger partial charge in [-0.15, -0.1) is 0 Å². The first-order valence-electron chi connectivity index (χ1n) is 6.73. The minimum Gasteiger partial charge on any atom is -0.384 e. The highest BCUT2D eigenvalue weighted by Crippen LogP contribution is 2.44. The van der Waals surface area contributed by atoms with Crippen LogP contribution in [0.5, 0.6) is 0 Å². The fourth-order valence-corrected chi connectivity index (χ4v) is 2.69. The number of benzene rings is 1. The minimum atomic E-state index is -0.503. The van der Waals surface area contributed by atoms with Crippen molar-refractivity contribution in [2.24, 2.45) is 0 Å². The molecule has 0 bridgehead atoms. The van der Waals surface area contributed by atoms with Gasteiger partial charge in [-0.25, -0.2) is 4.98 Å². The van der Waals surface area contributed by atoms with Crippen LogP contribution in [0.25, 0.3) is 10.9 Å². The maximum atomic E-state index is 4.67. The summed E-state index contributed by atoms with van der Waals surface area (Å²) in [5.41, 5.74) is 2.97. The molecular weight excluding hydrogens is 462 g/mol. The van der Waals surface area contributed by atoms with Gasteiger partial charge in [-0.1, -0.05) is 66.0 Å². The van der Waals surface area contributed by atoms with E-state index in [9.17, 15) is 0 Å². The smallest absolute Gasteiger partial charge is 0.176 e. The van der Waals surface area contributed by atoms with Crippen molar-refractivity contribution >= 4 is 64.4 Å². The normalized spacial score (nSPS) is 12.1. The number of fused-ring (bicyclic) bond motifs is 1. The van der Waals surface area contributed by atoms with Crippen LogP contribution in [0.4, 0.5) is 5.69 Å². The number of nitrogens with zero attached hydrogens (tertiary/aromatic N) is 2. The zero-order valence-corrected chi connectivity index (χ0v) is 16.8. The Morgan fingerprint density at radius 2 is 1.90 bits per heavy atom. The van der Waals surface area contributed by atoms with Gasteiger partial charge in [0, 0.05) is 17.6 Å². The van der Waals surface area contributed by atoms with E-state index in [1.807, 2.05) is 18.2 Å². The lowest BCUT2D eigenvalue weighted by molar-refractivity contribution is 0.405. The van der Waals surface area contributed by atoms with Crippen LogP contribution in [0.3, 0.4) is 0 Å². The molecule has 0 aliphatic carbocycles. The van der Waals surface area contributed by atoms with Gasteiger partial charge in [-0.2, -0.15) is 0 Å². The molecule has 2 rings (SSSR count). The molecule has 0 saturated carbocycles. The summed E-state index contributed by atoms with van der Waals surface area (Å²) in [6, 6.07) is 10.2. The van der Waals surface area contributed by atoms with Crippen LogP contribution in [0.2, 0.25) is 0 Å². The number of pyridine rings is 1. The molecule has 0 aliphatic heterocycles. The van der Waals surface area contributed by atoms with E-state index in [4.69, 9.17) is 0 Å². The third-order valence-electron chi connectivity index (χ3n) is 3.10. The molecular formula is C15H18Br3N3. The van der Waals surface area contributed by atoms with Crippen LogP contribution in [-0.4, -0.2) is 37.1 Å². The second kappa shape index (κ2) is 7.40. The monoisotopic (exact) mass is 477 g/mol. The number of rotatable bonds is 5. The predicted molar refractivity (Wildman–Crippen MR) is 102 cm³/mol. The van der Waals surface area contributed by atoms with Crippen molar-refractivity contribution in [3.63, 3.8) is 0 Å². The number of hydrogen-bond acceptors (Lipinski definition) is 3. The molecule has 0 spiro atoms. The Labute approximate surface area is 150 Å². The second-order valence-electron chi connectivity index (χ2n) is 5.15. The maximum Gasteiger partial charge on any atom is 0.176 e.